The molecular weight excluding hydrogens is 353 g/mol. The van der Waals surface area contributed by atoms with Crippen LogP contribution in [0.25, 0.3) is 11.0 Å². The third kappa shape index (κ3) is 3.78. The second kappa shape index (κ2) is 7.64. The number of anilines is 1. The van der Waals surface area contributed by atoms with E-state index in [1.54, 1.807) is 6.07 Å². The molecule has 5 heteroatoms. The molecule has 0 atom stereocenters. The van der Waals surface area contributed by atoms with Crippen LogP contribution in [0, 0.1) is 5.82 Å². The number of aromatic nitrogens is 2. The Morgan fingerprint density at radius 1 is 1.00 bits per heavy atom. The maximum absolute atomic E-state index is 13.3. The van der Waals surface area contributed by atoms with E-state index in [0.717, 1.165) is 35.3 Å². The smallest absolute Gasteiger partial charge is 0.255 e. The monoisotopic (exact) mass is 373 g/mol. The molecule has 4 rings (SSSR count). The average molecular weight is 373 g/mol. The minimum absolute atomic E-state index is 0.296. The molecule has 0 saturated heterocycles. The zero-order valence-corrected chi connectivity index (χ0v) is 15.5. The molecule has 0 aliphatic carbocycles. The first-order chi connectivity index (χ1) is 13.6. The summed E-state index contributed by atoms with van der Waals surface area (Å²) in [6, 6.07) is 21.5. The Kier molecular flexibility index (Phi) is 4.89. The number of hydrogen-bond donors (Lipinski definition) is 1. The standard InChI is InChI=1S/C23H20FN3O/c1-27-21-11-3-2-10-20(21)26-22(27)13-12-16-6-4-9-19(14-16)25-23(28)17-7-5-8-18(24)15-17/h2-11,14-15H,12-13H2,1H3,(H,25,28). The van der Waals surface area contributed by atoms with E-state index in [0.29, 0.717) is 11.3 Å². The highest BCUT2D eigenvalue weighted by Crippen LogP contribution is 2.18. The second-order valence-corrected chi connectivity index (χ2v) is 6.74. The lowest BCUT2D eigenvalue weighted by Gasteiger charge is -2.08. The summed E-state index contributed by atoms with van der Waals surface area (Å²) in [7, 11) is 2.03. The fraction of sp³-hybridized carbons (Fsp3) is 0.130. The summed E-state index contributed by atoms with van der Waals surface area (Å²) in [6.45, 7) is 0. The lowest BCUT2D eigenvalue weighted by Crippen LogP contribution is -2.12. The van der Waals surface area contributed by atoms with E-state index in [9.17, 15) is 9.18 Å². The number of halogens is 1. The normalized spacial score (nSPS) is 10.9. The number of nitrogens with zero attached hydrogens (tertiary/aromatic N) is 2. The Labute approximate surface area is 162 Å². The number of fused-ring (bicyclic) bond motifs is 1. The van der Waals surface area contributed by atoms with E-state index >= 15 is 0 Å². The van der Waals surface area contributed by atoms with Crippen molar-refractivity contribution < 1.29 is 9.18 Å². The summed E-state index contributed by atoms with van der Waals surface area (Å²) in [5.41, 5.74) is 4.20. The Bertz CT molecular complexity index is 1150. The van der Waals surface area contributed by atoms with Crippen molar-refractivity contribution in [2.75, 3.05) is 5.32 Å². The number of para-hydroxylation sites is 2. The predicted octanol–water partition coefficient (Wildman–Crippen LogP) is 4.75. The topological polar surface area (TPSA) is 46.9 Å². The van der Waals surface area contributed by atoms with Crippen LogP contribution in [-0.2, 0) is 19.9 Å². The van der Waals surface area contributed by atoms with Crippen molar-refractivity contribution in [2.45, 2.75) is 12.8 Å². The third-order valence-corrected chi connectivity index (χ3v) is 4.79. The fourth-order valence-electron chi connectivity index (χ4n) is 3.31. The van der Waals surface area contributed by atoms with E-state index in [2.05, 4.69) is 16.0 Å². The van der Waals surface area contributed by atoms with Crippen LogP contribution in [0.15, 0.2) is 72.8 Å². The highest BCUT2D eigenvalue weighted by molar-refractivity contribution is 6.04. The van der Waals surface area contributed by atoms with E-state index in [1.807, 2.05) is 49.5 Å². The highest BCUT2D eigenvalue weighted by atomic mass is 19.1. The van der Waals surface area contributed by atoms with Gasteiger partial charge in [-0.05, 0) is 54.4 Å². The molecule has 0 aliphatic heterocycles. The first-order valence-electron chi connectivity index (χ1n) is 9.16. The lowest BCUT2D eigenvalue weighted by atomic mass is 10.1. The Balaban J connectivity index is 1.46. The lowest BCUT2D eigenvalue weighted by molar-refractivity contribution is 0.102. The van der Waals surface area contributed by atoms with Crippen molar-refractivity contribution in [3.05, 3.63) is 95.6 Å². The zero-order chi connectivity index (χ0) is 19.5. The summed E-state index contributed by atoms with van der Waals surface area (Å²) < 4.78 is 15.4. The van der Waals surface area contributed by atoms with Crippen LogP contribution < -0.4 is 5.32 Å². The van der Waals surface area contributed by atoms with Gasteiger partial charge in [0.25, 0.3) is 5.91 Å². The van der Waals surface area contributed by atoms with Crippen LogP contribution in [0.4, 0.5) is 10.1 Å². The molecule has 0 bridgehead atoms. The van der Waals surface area contributed by atoms with Gasteiger partial charge >= 0.3 is 0 Å². The van der Waals surface area contributed by atoms with Crippen LogP contribution in [0.2, 0.25) is 0 Å². The number of rotatable bonds is 5. The molecule has 3 aromatic carbocycles. The molecule has 1 amide bonds. The molecule has 0 spiro atoms. The SMILES string of the molecule is Cn1c(CCc2cccc(NC(=O)c3cccc(F)c3)c2)nc2ccccc21. The summed E-state index contributed by atoms with van der Waals surface area (Å²) in [4.78, 5) is 17.0. The van der Waals surface area contributed by atoms with Gasteiger partial charge in [0.2, 0.25) is 0 Å². The van der Waals surface area contributed by atoms with Gasteiger partial charge in [-0.2, -0.15) is 0 Å². The first-order valence-corrected chi connectivity index (χ1v) is 9.16. The van der Waals surface area contributed by atoms with Crippen molar-refractivity contribution in [3.8, 4) is 0 Å². The summed E-state index contributed by atoms with van der Waals surface area (Å²) in [6.07, 6.45) is 1.60. The van der Waals surface area contributed by atoms with Crippen molar-refractivity contribution in [1.82, 2.24) is 9.55 Å². The number of carbonyl (C=O) groups is 1. The van der Waals surface area contributed by atoms with Gasteiger partial charge in [0.1, 0.15) is 11.6 Å². The van der Waals surface area contributed by atoms with Gasteiger partial charge in [0, 0.05) is 24.7 Å². The Morgan fingerprint density at radius 3 is 2.64 bits per heavy atom. The van der Waals surface area contributed by atoms with Gasteiger partial charge in [-0.1, -0.05) is 30.3 Å². The molecule has 1 aromatic heterocycles. The molecule has 0 radical (unpaired) electrons. The van der Waals surface area contributed by atoms with Crippen LogP contribution in [-0.4, -0.2) is 15.5 Å². The molecule has 0 fully saturated rings. The zero-order valence-electron chi connectivity index (χ0n) is 15.5. The molecule has 140 valence electrons. The summed E-state index contributed by atoms with van der Waals surface area (Å²) in [5, 5.41) is 2.83. The average Bonchev–Trinajstić information content (AvgIpc) is 3.03. The number of benzene rings is 3. The van der Waals surface area contributed by atoms with Crippen molar-refractivity contribution in [2.24, 2.45) is 7.05 Å². The second-order valence-electron chi connectivity index (χ2n) is 6.74. The largest absolute Gasteiger partial charge is 0.331 e. The minimum Gasteiger partial charge on any atom is -0.331 e. The van der Waals surface area contributed by atoms with Gasteiger partial charge < -0.3 is 9.88 Å². The number of aryl methyl sites for hydroxylation is 3. The maximum Gasteiger partial charge on any atom is 0.255 e. The van der Waals surface area contributed by atoms with E-state index in [4.69, 9.17) is 4.98 Å². The van der Waals surface area contributed by atoms with E-state index in [1.165, 1.54) is 18.2 Å². The quantitative estimate of drug-likeness (QED) is 0.549. The van der Waals surface area contributed by atoms with Gasteiger partial charge in [-0.15, -0.1) is 0 Å². The third-order valence-electron chi connectivity index (χ3n) is 4.79. The molecule has 0 unspecified atom stereocenters. The number of imidazole rings is 1. The van der Waals surface area contributed by atoms with Crippen molar-refractivity contribution in [1.29, 1.82) is 0 Å². The summed E-state index contributed by atoms with van der Waals surface area (Å²) in [5.74, 6) is 0.270. The Morgan fingerprint density at radius 2 is 1.82 bits per heavy atom. The van der Waals surface area contributed by atoms with Crippen LogP contribution >= 0.6 is 0 Å². The van der Waals surface area contributed by atoms with Gasteiger partial charge in [-0.25, -0.2) is 9.37 Å². The maximum atomic E-state index is 13.3. The summed E-state index contributed by atoms with van der Waals surface area (Å²) >= 11 is 0. The van der Waals surface area contributed by atoms with Crippen molar-refractivity contribution >= 4 is 22.6 Å². The number of nitrogens with one attached hydrogen (secondary N) is 1. The molecule has 4 aromatic rings. The molecule has 28 heavy (non-hydrogen) atoms. The van der Waals surface area contributed by atoms with Crippen LogP contribution in [0.1, 0.15) is 21.7 Å². The van der Waals surface area contributed by atoms with E-state index < -0.39 is 5.82 Å². The van der Waals surface area contributed by atoms with Gasteiger partial charge in [-0.3, -0.25) is 4.79 Å². The molecule has 1 N–H and O–H groups in total. The molecular formula is C23H20FN3O. The van der Waals surface area contributed by atoms with Gasteiger partial charge in [0.15, 0.2) is 0 Å². The molecule has 4 nitrogen and oxygen atoms in total. The molecule has 0 aliphatic rings. The number of amides is 1. The van der Waals surface area contributed by atoms with Crippen molar-refractivity contribution in [3.63, 3.8) is 0 Å². The predicted molar refractivity (Wildman–Crippen MR) is 109 cm³/mol. The first kappa shape index (κ1) is 17.9. The van der Waals surface area contributed by atoms with Gasteiger partial charge in [0.05, 0.1) is 11.0 Å². The van der Waals surface area contributed by atoms with Crippen LogP contribution in [0.3, 0.4) is 0 Å². The fourth-order valence-corrected chi connectivity index (χ4v) is 3.31. The molecule has 1 heterocycles. The Hall–Kier alpha value is -3.47. The van der Waals surface area contributed by atoms with E-state index in [-0.39, 0.29) is 5.91 Å². The highest BCUT2D eigenvalue weighted by Gasteiger charge is 2.09. The number of carbonyl (C=O) groups excluding carboxylic acids is 1. The molecule has 0 saturated carbocycles. The van der Waals surface area contributed by atoms with Crippen LogP contribution in [0.5, 0.6) is 0 Å². The number of hydrogen-bond acceptors (Lipinski definition) is 2. The minimum atomic E-state index is -0.427.